The van der Waals surface area contributed by atoms with Gasteiger partial charge in [-0.3, -0.25) is 0 Å². The van der Waals surface area contributed by atoms with Crippen molar-refractivity contribution in [1.29, 1.82) is 0 Å². The lowest BCUT2D eigenvalue weighted by Crippen LogP contribution is -2.80. The van der Waals surface area contributed by atoms with Crippen molar-refractivity contribution in [2.75, 3.05) is 0 Å². The van der Waals surface area contributed by atoms with Gasteiger partial charge in [-0.1, -0.05) is 0 Å². The first-order valence-corrected chi connectivity index (χ1v) is 4.67. The standard InChI is InChI=1S/C4F6I2/c5-1(6)2(7,8)4(10,12)3(1,9)11. The summed E-state index contributed by atoms with van der Waals surface area (Å²) in [7, 11) is 0. The van der Waals surface area contributed by atoms with Gasteiger partial charge in [0, 0.05) is 0 Å². The Morgan fingerprint density at radius 1 is 0.583 bits per heavy atom. The van der Waals surface area contributed by atoms with Gasteiger partial charge in [0.15, 0.2) is 0 Å². The summed E-state index contributed by atoms with van der Waals surface area (Å²) in [6.07, 6.45) is 0. The van der Waals surface area contributed by atoms with Gasteiger partial charge in [-0.15, -0.1) is 0 Å². The zero-order valence-electron chi connectivity index (χ0n) is 5.02. The highest BCUT2D eigenvalue weighted by atomic mass is 127. The normalized spacial score (nSPS) is 50.0. The van der Waals surface area contributed by atoms with Crippen LogP contribution in [0.2, 0.25) is 0 Å². The molecule has 1 fully saturated rings. The topological polar surface area (TPSA) is 0 Å². The monoisotopic (exact) mass is 416 g/mol. The van der Waals surface area contributed by atoms with E-state index < -0.39 is 19.2 Å². The lowest BCUT2D eigenvalue weighted by Gasteiger charge is -2.53. The fraction of sp³-hybridized carbons (Fsp3) is 1.00. The van der Waals surface area contributed by atoms with Crippen LogP contribution in [0.15, 0.2) is 0 Å². The third-order valence-corrected chi connectivity index (χ3v) is 5.45. The summed E-state index contributed by atoms with van der Waals surface area (Å²) in [4.78, 5) is 0. The molecule has 0 aliphatic heterocycles. The fourth-order valence-corrected chi connectivity index (χ4v) is 2.08. The van der Waals surface area contributed by atoms with Crippen LogP contribution >= 0.6 is 45.2 Å². The molecule has 0 nitrogen and oxygen atoms in total. The molecule has 0 aromatic heterocycles. The highest BCUT2D eigenvalue weighted by molar-refractivity contribution is 14.1. The molecule has 2 atom stereocenters. The average molecular weight is 416 g/mol. The third kappa shape index (κ3) is 0.811. The Labute approximate surface area is 90.3 Å². The molecule has 1 aliphatic carbocycles. The lowest BCUT2D eigenvalue weighted by atomic mass is 9.84. The van der Waals surface area contributed by atoms with E-state index in [1.807, 2.05) is 0 Å². The van der Waals surface area contributed by atoms with Crippen LogP contribution in [-0.2, 0) is 0 Å². The number of hydrogen-bond donors (Lipinski definition) is 0. The summed E-state index contributed by atoms with van der Waals surface area (Å²) in [5, 5.41) is 0. The Bertz CT molecular complexity index is 158. The van der Waals surface area contributed by atoms with Crippen LogP contribution in [0.4, 0.5) is 26.3 Å². The summed E-state index contributed by atoms with van der Waals surface area (Å²) >= 11 is 0.718. The highest BCUT2D eigenvalue weighted by Crippen LogP contribution is 2.73. The smallest absolute Gasteiger partial charge is 0.220 e. The maximum absolute atomic E-state index is 12.6. The zero-order valence-corrected chi connectivity index (χ0v) is 9.34. The van der Waals surface area contributed by atoms with E-state index in [1.165, 1.54) is 0 Å². The van der Waals surface area contributed by atoms with Crippen molar-refractivity contribution in [2.45, 2.75) is 19.2 Å². The molecular weight excluding hydrogens is 416 g/mol. The van der Waals surface area contributed by atoms with Gasteiger partial charge in [-0.2, -0.15) is 17.6 Å². The Kier molecular flexibility index (Phi) is 2.17. The predicted octanol–water partition coefficient (Wildman–Crippen LogP) is 3.47. The summed E-state index contributed by atoms with van der Waals surface area (Å²) in [6.45, 7) is 0. The first kappa shape index (κ1) is 11.1. The van der Waals surface area contributed by atoms with E-state index in [0.717, 1.165) is 0 Å². The number of alkyl halides is 8. The minimum Gasteiger partial charge on any atom is -0.220 e. The van der Waals surface area contributed by atoms with Crippen LogP contribution in [0.25, 0.3) is 0 Å². The first-order valence-electron chi connectivity index (χ1n) is 2.51. The third-order valence-electron chi connectivity index (χ3n) is 1.58. The molecule has 0 saturated heterocycles. The Balaban J connectivity index is 3.16. The molecule has 0 bridgehead atoms. The molecule has 0 heterocycles. The molecular formula is C4F6I2. The lowest BCUT2D eigenvalue weighted by molar-refractivity contribution is -0.365. The van der Waals surface area contributed by atoms with E-state index in [9.17, 15) is 26.3 Å². The molecule has 0 aromatic rings. The number of rotatable bonds is 0. The van der Waals surface area contributed by atoms with E-state index in [-0.39, 0.29) is 0 Å². The van der Waals surface area contributed by atoms with Crippen LogP contribution in [-0.4, -0.2) is 19.2 Å². The zero-order chi connectivity index (χ0) is 10.0. The summed E-state index contributed by atoms with van der Waals surface area (Å²) in [5.74, 6) is -9.90. The van der Waals surface area contributed by atoms with Gasteiger partial charge >= 0.3 is 11.8 Å². The van der Waals surface area contributed by atoms with E-state index in [0.29, 0.717) is 45.2 Å². The van der Waals surface area contributed by atoms with Crippen molar-refractivity contribution >= 4 is 45.2 Å². The van der Waals surface area contributed by atoms with Gasteiger partial charge in [0.05, 0.1) is 0 Å². The van der Waals surface area contributed by atoms with Crippen molar-refractivity contribution in [1.82, 2.24) is 0 Å². The summed E-state index contributed by atoms with van der Waals surface area (Å²) in [5.41, 5.74) is 0. The van der Waals surface area contributed by atoms with Crippen molar-refractivity contribution < 1.29 is 26.3 Å². The second-order valence-corrected chi connectivity index (χ2v) is 5.27. The van der Waals surface area contributed by atoms with Crippen LogP contribution in [0.1, 0.15) is 0 Å². The molecule has 0 spiro atoms. The largest absolute Gasteiger partial charge is 0.361 e. The van der Waals surface area contributed by atoms with Crippen LogP contribution in [0.5, 0.6) is 0 Å². The predicted molar refractivity (Wildman–Crippen MR) is 45.6 cm³/mol. The second kappa shape index (κ2) is 2.34. The molecule has 1 aliphatic rings. The average Bonchev–Trinajstić information content (AvgIpc) is 1.84. The molecule has 0 aromatic carbocycles. The van der Waals surface area contributed by atoms with Crippen LogP contribution < -0.4 is 0 Å². The van der Waals surface area contributed by atoms with Crippen molar-refractivity contribution in [2.24, 2.45) is 0 Å². The van der Waals surface area contributed by atoms with Gasteiger partial charge < -0.3 is 0 Å². The van der Waals surface area contributed by atoms with Crippen molar-refractivity contribution in [3.8, 4) is 0 Å². The van der Waals surface area contributed by atoms with Crippen LogP contribution in [0.3, 0.4) is 0 Å². The van der Waals surface area contributed by atoms with Gasteiger partial charge in [-0.25, -0.2) is 8.78 Å². The van der Waals surface area contributed by atoms with E-state index in [4.69, 9.17) is 0 Å². The first-order chi connectivity index (χ1) is 5.00. The quantitative estimate of drug-likeness (QED) is 0.323. The van der Waals surface area contributed by atoms with E-state index in [1.54, 1.807) is 0 Å². The molecule has 72 valence electrons. The Morgan fingerprint density at radius 3 is 0.833 bits per heavy atom. The molecule has 0 N–H and O–H groups in total. The second-order valence-electron chi connectivity index (χ2n) is 2.30. The van der Waals surface area contributed by atoms with Gasteiger partial charge in [-0.05, 0) is 45.2 Å². The Morgan fingerprint density at radius 2 is 0.750 bits per heavy atom. The van der Waals surface area contributed by atoms with Gasteiger partial charge in [0.1, 0.15) is 0 Å². The SMILES string of the molecule is FC1(F)C(F)(F)C(F)(I)C1(F)I. The van der Waals surface area contributed by atoms with Crippen molar-refractivity contribution in [3.05, 3.63) is 0 Å². The number of halogens is 8. The summed E-state index contributed by atoms with van der Waals surface area (Å²) < 4.78 is 66.4. The van der Waals surface area contributed by atoms with Crippen molar-refractivity contribution in [3.63, 3.8) is 0 Å². The molecule has 8 heteroatoms. The Hall–Kier alpha value is 1.04. The highest BCUT2D eigenvalue weighted by Gasteiger charge is 2.97. The van der Waals surface area contributed by atoms with E-state index >= 15 is 0 Å². The minimum absolute atomic E-state index is 0.359. The van der Waals surface area contributed by atoms with Gasteiger partial charge in [0.25, 0.3) is 7.35 Å². The fourth-order valence-electron chi connectivity index (χ4n) is 0.726. The van der Waals surface area contributed by atoms with Crippen LogP contribution in [0, 0.1) is 0 Å². The summed E-state index contributed by atoms with van der Waals surface area (Å²) in [6, 6.07) is 0. The molecule has 1 rings (SSSR count). The molecule has 2 unspecified atom stereocenters. The molecule has 0 radical (unpaired) electrons. The number of hydrogen-bond acceptors (Lipinski definition) is 0. The molecule has 12 heavy (non-hydrogen) atoms. The minimum atomic E-state index is -4.95. The molecule has 0 amide bonds. The molecule has 1 saturated carbocycles. The maximum Gasteiger partial charge on any atom is 0.361 e. The van der Waals surface area contributed by atoms with Gasteiger partial charge in [0.2, 0.25) is 0 Å². The maximum atomic E-state index is 12.6. The van der Waals surface area contributed by atoms with E-state index in [2.05, 4.69) is 0 Å².